The topological polar surface area (TPSA) is 74.7 Å². The quantitative estimate of drug-likeness (QED) is 0.377. The van der Waals surface area contributed by atoms with E-state index in [0.717, 1.165) is 0 Å². The normalized spacial score (nSPS) is 11.6. The summed E-state index contributed by atoms with van der Waals surface area (Å²) < 4.78 is 0. The third-order valence-electron chi connectivity index (χ3n) is 1.98. The lowest BCUT2D eigenvalue weighted by Gasteiger charge is -2.18. The number of amidine groups is 1. The summed E-state index contributed by atoms with van der Waals surface area (Å²) >= 11 is 11.7. The third kappa shape index (κ3) is 3.43. The Morgan fingerprint density at radius 3 is 2.88 bits per heavy atom. The van der Waals surface area contributed by atoms with Crippen LogP contribution in [0.2, 0.25) is 10.0 Å². The van der Waals surface area contributed by atoms with Gasteiger partial charge in [-0.2, -0.15) is 0 Å². The van der Waals surface area contributed by atoms with Crippen molar-refractivity contribution in [3.63, 3.8) is 0 Å². The Labute approximate surface area is 103 Å². The largest absolute Gasteiger partial charge is 0.409 e. The van der Waals surface area contributed by atoms with Crippen LogP contribution in [-0.4, -0.2) is 29.6 Å². The molecule has 0 aliphatic rings. The van der Waals surface area contributed by atoms with Crippen LogP contribution in [0.25, 0.3) is 0 Å². The SMILES string of the molecule is CN(CC/C(N)=N/O)c1ncc(Cl)cc1Cl. The monoisotopic (exact) mass is 262 g/mol. The summed E-state index contributed by atoms with van der Waals surface area (Å²) in [5, 5.41) is 12.2. The molecule has 88 valence electrons. The minimum Gasteiger partial charge on any atom is -0.409 e. The molecule has 0 aromatic carbocycles. The van der Waals surface area contributed by atoms with E-state index in [1.54, 1.807) is 11.0 Å². The summed E-state index contributed by atoms with van der Waals surface area (Å²) in [7, 11) is 1.81. The van der Waals surface area contributed by atoms with Crippen LogP contribution in [0.5, 0.6) is 0 Å². The van der Waals surface area contributed by atoms with E-state index in [1.807, 2.05) is 7.05 Å². The average molecular weight is 263 g/mol. The average Bonchev–Trinajstić information content (AvgIpc) is 2.25. The number of hydrogen-bond donors (Lipinski definition) is 2. The van der Waals surface area contributed by atoms with E-state index in [0.29, 0.717) is 28.8 Å². The molecule has 0 spiro atoms. The number of oxime groups is 1. The maximum atomic E-state index is 8.39. The van der Waals surface area contributed by atoms with Crippen LogP contribution in [0.4, 0.5) is 5.82 Å². The first-order valence-electron chi connectivity index (χ1n) is 4.53. The van der Waals surface area contributed by atoms with Gasteiger partial charge in [0.1, 0.15) is 11.7 Å². The first kappa shape index (κ1) is 12.9. The molecule has 0 aliphatic heterocycles. The Morgan fingerprint density at radius 1 is 1.62 bits per heavy atom. The van der Waals surface area contributed by atoms with Crippen LogP contribution in [-0.2, 0) is 0 Å². The predicted octanol–water partition coefficient (Wildman–Crippen LogP) is 1.96. The number of nitrogens with zero attached hydrogens (tertiary/aromatic N) is 3. The Morgan fingerprint density at radius 2 is 2.31 bits per heavy atom. The van der Waals surface area contributed by atoms with E-state index in [9.17, 15) is 0 Å². The first-order chi connectivity index (χ1) is 7.54. The second kappa shape index (κ2) is 5.77. The highest BCUT2D eigenvalue weighted by molar-refractivity contribution is 6.35. The number of hydrogen-bond acceptors (Lipinski definition) is 4. The number of nitrogens with two attached hydrogens (primary N) is 1. The van der Waals surface area contributed by atoms with Crippen molar-refractivity contribution in [2.75, 3.05) is 18.5 Å². The molecule has 1 rings (SSSR count). The maximum Gasteiger partial charge on any atom is 0.147 e. The fourth-order valence-corrected chi connectivity index (χ4v) is 1.65. The Hall–Kier alpha value is -1.20. The van der Waals surface area contributed by atoms with Crippen LogP contribution < -0.4 is 10.6 Å². The zero-order valence-corrected chi connectivity index (χ0v) is 10.2. The zero-order valence-electron chi connectivity index (χ0n) is 8.69. The van der Waals surface area contributed by atoms with Crippen LogP contribution in [0.15, 0.2) is 17.4 Å². The molecule has 1 heterocycles. The van der Waals surface area contributed by atoms with E-state index in [4.69, 9.17) is 34.1 Å². The summed E-state index contributed by atoms with van der Waals surface area (Å²) in [6.45, 7) is 0.546. The molecule has 0 bridgehead atoms. The molecule has 16 heavy (non-hydrogen) atoms. The van der Waals surface area contributed by atoms with Gasteiger partial charge in [-0.3, -0.25) is 0 Å². The van der Waals surface area contributed by atoms with Crippen molar-refractivity contribution in [1.29, 1.82) is 0 Å². The minimum absolute atomic E-state index is 0.164. The second-order valence-electron chi connectivity index (χ2n) is 3.22. The van der Waals surface area contributed by atoms with Gasteiger partial charge in [0.05, 0.1) is 10.0 Å². The first-order valence-corrected chi connectivity index (χ1v) is 5.28. The smallest absolute Gasteiger partial charge is 0.147 e. The van der Waals surface area contributed by atoms with Gasteiger partial charge in [0, 0.05) is 26.2 Å². The van der Waals surface area contributed by atoms with Crippen molar-refractivity contribution >= 4 is 34.9 Å². The van der Waals surface area contributed by atoms with Gasteiger partial charge < -0.3 is 15.8 Å². The molecule has 0 atom stereocenters. The molecule has 1 aromatic heterocycles. The van der Waals surface area contributed by atoms with Gasteiger partial charge in [-0.25, -0.2) is 4.98 Å². The molecule has 5 nitrogen and oxygen atoms in total. The van der Waals surface area contributed by atoms with Gasteiger partial charge in [0.25, 0.3) is 0 Å². The number of rotatable bonds is 4. The van der Waals surface area contributed by atoms with Gasteiger partial charge in [0.15, 0.2) is 0 Å². The highest BCUT2D eigenvalue weighted by Gasteiger charge is 2.08. The molecule has 0 saturated carbocycles. The summed E-state index contributed by atoms with van der Waals surface area (Å²) in [6.07, 6.45) is 1.94. The third-order valence-corrected chi connectivity index (χ3v) is 2.47. The fraction of sp³-hybridized carbons (Fsp3) is 0.333. The van der Waals surface area contributed by atoms with Crippen LogP contribution >= 0.6 is 23.2 Å². The molecule has 3 N–H and O–H groups in total. The molecule has 1 aromatic rings. The Balaban J connectivity index is 2.69. The number of pyridine rings is 1. The summed E-state index contributed by atoms with van der Waals surface area (Å²) in [5.74, 6) is 0.772. The van der Waals surface area contributed by atoms with Crippen LogP contribution in [0.3, 0.4) is 0 Å². The van der Waals surface area contributed by atoms with Gasteiger partial charge in [-0.05, 0) is 6.07 Å². The Kier molecular flexibility index (Phi) is 4.64. The van der Waals surface area contributed by atoms with Crippen molar-refractivity contribution in [2.45, 2.75) is 6.42 Å². The molecule has 0 fully saturated rings. The van der Waals surface area contributed by atoms with Gasteiger partial charge in [0.2, 0.25) is 0 Å². The minimum atomic E-state index is 0.164. The number of aromatic nitrogens is 1. The van der Waals surface area contributed by atoms with E-state index in [2.05, 4.69) is 10.1 Å². The molecular weight excluding hydrogens is 251 g/mol. The van der Waals surface area contributed by atoms with Gasteiger partial charge >= 0.3 is 0 Å². The van der Waals surface area contributed by atoms with Gasteiger partial charge in [-0.15, -0.1) is 0 Å². The molecule has 0 saturated heterocycles. The summed E-state index contributed by atoms with van der Waals surface area (Å²) in [5.41, 5.74) is 5.36. The molecule has 7 heteroatoms. The van der Waals surface area contributed by atoms with E-state index >= 15 is 0 Å². The molecule has 0 amide bonds. The molecule has 0 radical (unpaired) electrons. The predicted molar refractivity (Wildman–Crippen MR) is 65.6 cm³/mol. The molecule has 0 unspecified atom stereocenters. The van der Waals surface area contributed by atoms with Crippen LogP contribution in [0.1, 0.15) is 6.42 Å². The van der Waals surface area contributed by atoms with Gasteiger partial charge in [-0.1, -0.05) is 28.4 Å². The van der Waals surface area contributed by atoms with Crippen molar-refractivity contribution in [1.82, 2.24) is 4.98 Å². The lowest BCUT2D eigenvalue weighted by molar-refractivity contribution is 0.317. The number of halogens is 2. The summed E-state index contributed by atoms with van der Waals surface area (Å²) in [4.78, 5) is 5.90. The lowest BCUT2D eigenvalue weighted by atomic mass is 10.3. The van der Waals surface area contributed by atoms with Crippen molar-refractivity contribution in [2.24, 2.45) is 10.9 Å². The van der Waals surface area contributed by atoms with E-state index in [1.165, 1.54) is 6.20 Å². The maximum absolute atomic E-state index is 8.39. The Bertz CT molecular complexity index is 397. The number of anilines is 1. The standard InChI is InChI=1S/C9H12Cl2N4O/c1-15(3-2-8(12)14-16)9-7(11)4-6(10)5-13-9/h4-5,16H,2-3H2,1H3,(H2,12,14). The highest BCUT2D eigenvalue weighted by atomic mass is 35.5. The van der Waals surface area contributed by atoms with Crippen molar-refractivity contribution in [3.05, 3.63) is 22.3 Å². The van der Waals surface area contributed by atoms with E-state index in [-0.39, 0.29) is 5.84 Å². The van der Waals surface area contributed by atoms with Crippen molar-refractivity contribution in [3.8, 4) is 0 Å². The summed E-state index contributed by atoms with van der Waals surface area (Å²) in [6, 6.07) is 1.62. The molecular formula is C9H12Cl2N4O. The second-order valence-corrected chi connectivity index (χ2v) is 4.07. The lowest BCUT2D eigenvalue weighted by Crippen LogP contribution is -2.25. The fourth-order valence-electron chi connectivity index (χ4n) is 1.13. The molecule has 0 aliphatic carbocycles. The zero-order chi connectivity index (χ0) is 12.1. The van der Waals surface area contributed by atoms with E-state index < -0.39 is 0 Å². The van der Waals surface area contributed by atoms with Crippen LogP contribution in [0, 0.1) is 0 Å². The highest BCUT2D eigenvalue weighted by Crippen LogP contribution is 2.25. The van der Waals surface area contributed by atoms with Crippen molar-refractivity contribution < 1.29 is 5.21 Å².